The minimum absolute atomic E-state index is 1.00. The van der Waals surface area contributed by atoms with Crippen LogP contribution in [0.1, 0.15) is 5.56 Å². The number of hydrogen-bond acceptors (Lipinski definition) is 1. The molecule has 0 radical (unpaired) electrons. The second kappa shape index (κ2) is 4.92. The van der Waals surface area contributed by atoms with Gasteiger partial charge in [0.1, 0.15) is 5.52 Å². The van der Waals surface area contributed by atoms with Crippen molar-refractivity contribution < 1.29 is 4.57 Å². The van der Waals surface area contributed by atoms with E-state index in [1.165, 1.54) is 32.8 Å². The fraction of sp³-hybridized carbons (Fsp3) is 0.100. The molecule has 4 aromatic rings. The maximum atomic E-state index is 4.75. The normalized spacial score (nSPS) is 11.2. The van der Waals surface area contributed by atoms with Gasteiger partial charge in [-0.15, -0.1) is 0 Å². The van der Waals surface area contributed by atoms with E-state index in [4.69, 9.17) is 4.98 Å². The molecule has 0 aliphatic heterocycles. The average Bonchev–Trinajstić information content (AvgIpc) is 2.56. The highest BCUT2D eigenvalue weighted by atomic mass is 15.0. The number of aryl methyl sites for hydroxylation is 2. The first-order chi connectivity index (χ1) is 10.8. The molecule has 0 atom stereocenters. The van der Waals surface area contributed by atoms with Crippen LogP contribution >= 0.6 is 0 Å². The summed E-state index contributed by atoms with van der Waals surface area (Å²) in [6.07, 6.45) is 2.00. The van der Waals surface area contributed by atoms with Crippen LogP contribution in [-0.4, -0.2) is 4.98 Å². The van der Waals surface area contributed by atoms with Crippen LogP contribution in [0, 0.1) is 6.92 Å². The summed E-state index contributed by atoms with van der Waals surface area (Å²) in [5.74, 6) is 1.00. The molecule has 3 aromatic carbocycles. The Morgan fingerprint density at radius 3 is 2.45 bits per heavy atom. The lowest BCUT2D eigenvalue weighted by molar-refractivity contribution is -0.636. The monoisotopic (exact) mass is 285 g/mol. The predicted octanol–water partition coefficient (Wildman–Crippen LogP) is 4.19. The van der Waals surface area contributed by atoms with Crippen molar-refractivity contribution in [3.05, 3.63) is 72.4 Å². The van der Waals surface area contributed by atoms with Gasteiger partial charge in [0.05, 0.1) is 18.0 Å². The topological polar surface area (TPSA) is 16.8 Å². The largest absolute Gasteiger partial charge is 0.330 e. The molecule has 22 heavy (non-hydrogen) atoms. The van der Waals surface area contributed by atoms with E-state index in [9.17, 15) is 0 Å². The molecule has 4 rings (SSSR count). The molecular weight excluding hydrogens is 268 g/mol. The van der Waals surface area contributed by atoms with E-state index in [0.29, 0.717) is 0 Å². The summed E-state index contributed by atoms with van der Waals surface area (Å²) >= 11 is 0. The van der Waals surface area contributed by atoms with Gasteiger partial charge >= 0.3 is 5.82 Å². The lowest BCUT2D eigenvalue weighted by atomic mass is 10.0. The van der Waals surface area contributed by atoms with Crippen LogP contribution in [0.15, 0.2) is 66.9 Å². The van der Waals surface area contributed by atoms with Crippen molar-refractivity contribution in [2.75, 3.05) is 0 Å². The fourth-order valence-electron chi connectivity index (χ4n) is 3.11. The van der Waals surface area contributed by atoms with Crippen molar-refractivity contribution in [2.45, 2.75) is 6.92 Å². The predicted molar refractivity (Wildman–Crippen MR) is 90.6 cm³/mol. The first-order valence-corrected chi connectivity index (χ1v) is 7.48. The van der Waals surface area contributed by atoms with Gasteiger partial charge in [-0.3, -0.25) is 0 Å². The van der Waals surface area contributed by atoms with Crippen LogP contribution in [0.3, 0.4) is 0 Å². The SMILES string of the molecule is Cc1ccccc1-c1ncc2c3ccccc3ccc2[n+]1C. The van der Waals surface area contributed by atoms with Gasteiger partial charge < -0.3 is 0 Å². The summed E-state index contributed by atoms with van der Waals surface area (Å²) in [6.45, 7) is 2.13. The van der Waals surface area contributed by atoms with Crippen LogP contribution in [0.5, 0.6) is 0 Å². The van der Waals surface area contributed by atoms with Gasteiger partial charge in [0, 0.05) is 0 Å². The van der Waals surface area contributed by atoms with Crippen molar-refractivity contribution in [2.24, 2.45) is 7.05 Å². The highest BCUT2D eigenvalue weighted by Gasteiger charge is 2.18. The standard InChI is InChI=1S/C20H17N2/c1-14-7-3-5-9-16(14)20-21-13-18-17-10-6-4-8-15(17)11-12-19(18)22(20)2/h3-13H,1-2H3/q+1. The molecule has 1 heterocycles. The van der Waals surface area contributed by atoms with Crippen LogP contribution in [0.4, 0.5) is 0 Å². The Labute approximate surface area is 129 Å². The third-order valence-electron chi connectivity index (χ3n) is 4.33. The number of nitrogens with zero attached hydrogens (tertiary/aromatic N) is 2. The van der Waals surface area contributed by atoms with E-state index in [1.807, 2.05) is 6.20 Å². The second-order valence-corrected chi connectivity index (χ2v) is 5.68. The minimum Gasteiger partial charge on any atom is -0.226 e. The van der Waals surface area contributed by atoms with Crippen molar-refractivity contribution >= 4 is 21.7 Å². The molecule has 1 aromatic heterocycles. The van der Waals surface area contributed by atoms with E-state index >= 15 is 0 Å². The Morgan fingerprint density at radius 1 is 0.818 bits per heavy atom. The van der Waals surface area contributed by atoms with Gasteiger partial charge in [0.15, 0.2) is 6.20 Å². The Balaban J connectivity index is 2.07. The van der Waals surface area contributed by atoms with Gasteiger partial charge in [-0.2, -0.15) is 0 Å². The van der Waals surface area contributed by atoms with Crippen LogP contribution in [0.2, 0.25) is 0 Å². The van der Waals surface area contributed by atoms with Crippen LogP contribution in [0.25, 0.3) is 33.1 Å². The van der Waals surface area contributed by atoms with Crippen LogP contribution in [-0.2, 0) is 7.05 Å². The third kappa shape index (κ3) is 1.88. The molecule has 0 saturated carbocycles. The van der Waals surface area contributed by atoms with Gasteiger partial charge in [-0.25, -0.2) is 4.57 Å². The number of hydrogen-bond donors (Lipinski definition) is 0. The fourth-order valence-corrected chi connectivity index (χ4v) is 3.11. The first kappa shape index (κ1) is 13.0. The van der Waals surface area contributed by atoms with Gasteiger partial charge in [0.2, 0.25) is 0 Å². The van der Waals surface area contributed by atoms with E-state index in [-0.39, 0.29) is 0 Å². The van der Waals surface area contributed by atoms with Gasteiger partial charge in [-0.05, 0) is 40.4 Å². The average molecular weight is 285 g/mol. The zero-order valence-electron chi connectivity index (χ0n) is 12.7. The molecule has 0 bridgehead atoms. The zero-order chi connectivity index (χ0) is 15.1. The van der Waals surface area contributed by atoms with Crippen molar-refractivity contribution in [1.29, 1.82) is 0 Å². The first-order valence-electron chi connectivity index (χ1n) is 7.48. The van der Waals surface area contributed by atoms with Gasteiger partial charge in [0.25, 0.3) is 0 Å². The maximum Gasteiger partial charge on any atom is 0.330 e. The molecule has 0 aliphatic carbocycles. The summed E-state index contributed by atoms with van der Waals surface area (Å²) in [6, 6.07) is 21.2. The Kier molecular flexibility index (Phi) is 2.90. The van der Waals surface area contributed by atoms with Crippen molar-refractivity contribution in [3.63, 3.8) is 0 Å². The Morgan fingerprint density at radius 2 is 1.59 bits per heavy atom. The van der Waals surface area contributed by atoms with Crippen molar-refractivity contribution in [3.8, 4) is 11.4 Å². The number of aromatic nitrogens is 2. The smallest absolute Gasteiger partial charge is 0.226 e. The lowest BCUT2D eigenvalue weighted by Crippen LogP contribution is -2.33. The third-order valence-corrected chi connectivity index (χ3v) is 4.33. The molecule has 0 N–H and O–H groups in total. The van der Waals surface area contributed by atoms with E-state index in [1.54, 1.807) is 0 Å². The summed E-state index contributed by atoms with van der Waals surface area (Å²) in [5.41, 5.74) is 3.62. The summed E-state index contributed by atoms with van der Waals surface area (Å²) in [5, 5.41) is 3.69. The molecule has 0 unspecified atom stereocenters. The number of rotatable bonds is 1. The summed E-state index contributed by atoms with van der Waals surface area (Å²) < 4.78 is 2.18. The summed E-state index contributed by atoms with van der Waals surface area (Å²) in [7, 11) is 2.09. The quantitative estimate of drug-likeness (QED) is 0.378. The molecule has 2 heteroatoms. The maximum absolute atomic E-state index is 4.75. The van der Waals surface area contributed by atoms with Gasteiger partial charge in [-0.1, -0.05) is 48.5 Å². The molecule has 0 saturated heterocycles. The molecule has 0 amide bonds. The highest BCUT2D eigenvalue weighted by Crippen LogP contribution is 2.25. The number of fused-ring (bicyclic) bond motifs is 3. The molecule has 0 spiro atoms. The molecule has 106 valence electrons. The lowest BCUT2D eigenvalue weighted by Gasteiger charge is -2.07. The zero-order valence-corrected chi connectivity index (χ0v) is 12.7. The molecule has 0 aliphatic rings. The molecule has 0 fully saturated rings. The summed E-state index contributed by atoms with van der Waals surface area (Å²) in [4.78, 5) is 4.75. The van der Waals surface area contributed by atoms with Crippen LogP contribution < -0.4 is 4.57 Å². The Hall–Kier alpha value is -2.74. The number of benzene rings is 3. The molecular formula is C20H17N2+. The van der Waals surface area contributed by atoms with E-state index in [0.717, 1.165) is 5.82 Å². The molecule has 2 nitrogen and oxygen atoms in total. The van der Waals surface area contributed by atoms with E-state index in [2.05, 4.69) is 79.2 Å². The Bertz CT molecular complexity index is 1000. The van der Waals surface area contributed by atoms with Crippen molar-refractivity contribution in [1.82, 2.24) is 4.98 Å². The second-order valence-electron chi connectivity index (χ2n) is 5.68. The van der Waals surface area contributed by atoms with E-state index < -0.39 is 0 Å². The highest BCUT2D eigenvalue weighted by molar-refractivity contribution is 6.04. The minimum atomic E-state index is 1.00.